The molecule has 70 valence electrons. The van der Waals surface area contributed by atoms with Crippen LogP contribution in [0.25, 0.3) is 0 Å². The first-order valence-corrected chi connectivity index (χ1v) is 3.40. The Morgan fingerprint density at radius 1 is 1.54 bits per heavy atom. The molecular weight excluding hydrogens is 172 g/mol. The monoisotopic (exact) mass is 182 g/mol. The van der Waals surface area contributed by atoms with Crippen LogP contribution in [0.15, 0.2) is 29.4 Å². The maximum atomic E-state index is 10.5. The highest BCUT2D eigenvalue weighted by atomic mass is 16.4. The highest BCUT2D eigenvalue weighted by Crippen LogP contribution is 1.92. The molecule has 0 bridgehead atoms. The first kappa shape index (κ1) is 11.1. The number of nitrogens with one attached hydrogen (secondary N) is 1. The van der Waals surface area contributed by atoms with Gasteiger partial charge in [0.05, 0.1) is 0 Å². The van der Waals surface area contributed by atoms with E-state index in [9.17, 15) is 9.59 Å². The first-order valence-electron chi connectivity index (χ1n) is 3.40. The van der Waals surface area contributed by atoms with Crippen molar-refractivity contribution in [2.24, 2.45) is 4.99 Å². The molecule has 0 radical (unpaired) electrons. The fraction of sp³-hybridized carbons (Fsp3) is 0.125. The third-order valence-corrected chi connectivity index (χ3v) is 1.17. The van der Waals surface area contributed by atoms with E-state index in [2.05, 4.69) is 23.6 Å². The molecule has 0 spiro atoms. The van der Waals surface area contributed by atoms with Gasteiger partial charge in [-0.25, -0.2) is 4.79 Å². The Labute approximate surface area is 75.5 Å². The smallest absolute Gasteiger partial charge is 0.394 e. The zero-order valence-corrected chi connectivity index (χ0v) is 6.99. The van der Waals surface area contributed by atoms with Crippen LogP contribution in [-0.2, 0) is 9.59 Å². The summed E-state index contributed by atoms with van der Waals surface area (Å²) in [4.78, 5) is 24.1. The van der Waals surface area contributed by atoms with Crippen molar-refractivity contribution in [2.75, 3.05) is 6.54 Å². The van der Waals surface area contributed by atoms with E-state index in [0.717, 1.165) is 0 Å². The van der Waals surface area contributed by atoms with Crippen molar-refractivity contribution >= 4 is 18.6 Å². The molecule has 0 aromatic heterocycles. The van der Waals surface area contributed by atoms with E-state index in [0.29, 0.717) is 5.57 Å². The van der Waals surface area contributed by atoms with E-state index in [1.54, 1.807) is 0 Å². The summed E-state index contributed by atoms with van der Waals surface area (Å²) in [6.45, 7) is 6.73. The molecule has 0 aliphatic carbocycles. The van der Waals surface area contributed by atoms with E-state index >= 15 is 0 Å². The van der Waals surface area contributed by atoms with E-state index in [1.165, 1.54) is 12.3 Å². The maximum Gasteiger partial charge on any atom is 0.394 e. The van der Waals surface area contributed by atoms with Gasteiger partial charge in [0, 0.05) is 12.7 Å². The van der Waals surface area contributed by atoms with Crippen molar-refractivity contribution in [3.05, 3.63) is 24.4 Å². The SMILES string of the molecule is C=C/C(=C\N=C)CNC(=O)C(=O)O. The third-order valence-electron chi connectivity index (χ3n) is 1.17. The fourth-order valence-electron chi connectivity index (χ4n) is 0.546. The van der Waals surface area contributed by atoms with Crippen LogP contribution in [-0.4, -0.2) is 30.2 Å². The molecule has 0 aliphatic rings. The first-order chi connectivity index (χ1) is 6.11. The Morgan fingerprint density at radius 3 is 2.54 bits per heavy atom. The second-order valence-electron chi connectivity index (χ2n) is 2.08. The van der Waals surface area contributed by atoms with Gasteiger partial charge in [-0.1, -0.05) is 12.7 Å². The number of amides is 1. The van der Waals surface area contributed by atoms with Gasteiger partial charge in [0.15, 0.2) is 0 Å². The van der Waals surface area contributed by atoms with Crippen molar-refractivity contribution in [1.82, 2.24) is 5.32 Å². The summed E-state index contributed by atoms with van der Waals surface area (Å²) in [6.07, 6.45) is 2.84. The standard InChI is InChI=1S/C8H10N2O3/c1-3-6(4-9-2)5-10-7(11)8(12)13/h3-4H,1-2,5H2,(H,10,11)(H,12,13)/b6-4+. The van der Waals surface area contributed by atoms with Crippen LogP contribution in [0.3, 0.4) is 0 Å². The molecule has 5 heteroatoms. The number of carboxylic acid groups (broad SMARTS) is 1. The second-order valence-corrected chi connectivity index (χ2v) is 2.08. The number of rotatable bonds is 4. The fourth-order valence-corrected chi connectivity index (χ4v) is 0.546. The molecule has 0 aromatic rings. The van der Waals surface area contributed by atoms with Crippen LogP contribution in [0.2, 0.25) is 0 Å². The van der Waals surface area contributed by atoms with E-state index in [4.69, 9.17) is 5.11 Å². The number of aliphatic carboxylic acids is 1. The zero-order chi connectivity index (χ0) is 10.3. The molecule has 13 heavy (non-hydrogen) atoms. The van der Waals surface area contributed by atoms with Crippen LogP contribution >= 0.6 is 0 Å². The van der Waals surface area contributed by atoms with Gasteiger partial charge in [0.2, 0.25) is 0 Å². The van der Waals surface area contributed by atoms with E-state index in [1.807, 2.05) is 0 Å². The van der Waals surface area contributed by atoms with Crippen molar-refractivity contribution in [3.8, 4) is 0 Å². The quantitative estimate of drug-likeness (QED) is 0.363. The Balaban J connectivity index is 4.07. The molecule has 0 unspecified atom stereocenters. The third kappa shape index (κ3) is 4.52. The number of carbonyl (C=O) groups is 2. The highest BCUT2D eigenvalue weighted by Gasteiger charge is 2.09. The topological polar surface area (TPSA) is 78.8 Å². The largest absolute Gasteiger partial charge is 0.474 e. The molecule has 0 aliphatic heterocycles. The number of hydrogen-bond acceptors (Lipinski definition) is 3. The predicted octanol–water partition coefficient (Wildman–Crippen LogP) is -0.0423. The minimum Gasteiger partial charge on any atom is -0.474 e. The summed E-state index contributed by atoms with van der Waals surface area (Å²) < 4.78 is 0. The summed E-state index contributed by atoms with van der Waals surface area (Å²) in [7, 11) is 0. The number of nitrogens with zero attached hydrogens (tertiary/aromatic N) is 1. The lowest BCUT2D eigenvalue weighted by molar-refractivity contribution is -0.150. The average Bonchev–Trinajstić information content (AvgIpc) is 2.11. The molecule has 0 aromatic carbocycles. The Kier molecular flexibility index (Phi) is 4.87. The van der Waals surface area contributed by atoms with Gasteiger partial charge in [-0.15, -0.1) is 0 Å². The molecular formula is C8H10N2O3. The van der Waals surface area contributed by atoms with Crippen LogP contribution in [0, 0.1) is 0 Å². The van der Waals surface area contributed by atoms with Crippen LogP contribution in [0.4, 0.5) is 0 Å². The molecule has 5 nitrogen and oxygen atoms in total. The van der Waals surface area contributed by atoms with Gasteiger partial charge in [-0.2, -0.15) is 0 Å². The summed E-state index contributed by atoms with van der Waals surface area (Å²) in [6, 6.07) is 0. The lowest BCUT2D eigenvalue weighted by Gasteiger charge is -2.00. The maximum absolute atomic E-state index is 10.5. The Hall–Kier alpha value is -1.91. The zero-order valence-electron chi connectivity index (χ0n) is 6.99. The summed E-state index contributed by atoms with van der Waals surface area (Å²) >= 11 is 0. The van der Waals surface area contributed by atoms with E-state index in [-0.39, 0.29) is 6.54 Å². The minimum absolute atomic E-state index is 0.0770. The lowest BCUT2D eigenvalue weighted by atomic mass is 10.3. The van der Waals surface area contributed by atoms with Crippen LogP contribution in [0.1, 0.15) is 0 Å². The number of hydrogen-bond donors (Lipinski definition) is 2. The molecule has 0 saturated carbocycles. The molecule has 0 saturated heterocycles. The van der Waals surface area contributed by atoms with Gasteiger partial charge >= 0.3 is 11.9 Å². The second kappa shape index (κ2) is 5.70. The molecule has 2 N–H and O–H groups in total. The van der Waals surface area contributed by atoms with Crippen LogP contribution in [0.5, 0.6) is 0 Å². The molecule has 0 atom stereocenters. The summed E-state index contributed by atoms with van der Waals surface area (Å²) in [5.74, 6) is -2.58. The summed E-state index contributed by atoms with van der Waals surface area (Å²) in [5.41, 5.74) is 0.588. The highest BCUT2D eigenvalue weighted by molar-refractivity contribution is 6.31. The van der Waals surface area contributed by atoms with Gasteiger partial charge in [-0.05, 0) is 12.3 Å². The van der Waals surface area contributed by atoms with Gasteiger partial charge < -0.3 is 10.4 Å². The van der Waals surface area contributed by atoms with Crippen molar-refractivity contribution < 1.29 is 14.7 Å². The van der Waals surface area contributed by atoms with Crippen molar-refractivity contribution in [2.45, 2.75) is 0 Å². The molecule has 0 heterocycles. The summed E-state index contributed by atoms with van der Waals surface area (Å²) in [5, 5.41) is 10.4. The Morgan fingerprint density at radius 2 is 2.15 bits per heavy atom. The molecule has 1 amide bonds. The van der Waals surface area contributed by atoms with Gasteiger partial charge in [0.1, 0.15) is 0 Å². The lowest BCUT2D eigenvalue weighted by Crippen LogP contribution is -2.31. The molecule has 0 fully saturated rings. The van der Waals surface area contributed by atoms with E-state index < -0.39 is 11.9 Å². The normalized spacial score (nSPS) is 10.3. The van der Waals surface area contributed by atoms with Crippen molar-refractivity contribution in [3.63, 3.8) is 0 Å². The predicted molar refractivity (Wildman–Crippen MR) is 48.5 cm³/mol. The Bertz CT molecular complexity index is 269. The number of aliphatic imine (C=N–C) groups is 1. The average molecular weight is 182 g/mol. The molecule has 0 rings (SSSR count). The van der Waals surface area contributed by atoms with Crippen LogP contribution < -0.4 is 5.32 Å². The van der Waals surface area contributed by atoms with Gasteiger partial charge in [-0.3, -0.25) is 9.79 Å². The van der Waals surface area contributed by atoms with Crippen molar-refractivity contribution in [1.29, 1.82) is 0 Å². The number of carboxylic acids is 1. The van der Waals surface area contributed by atoms with Gasteiger partial charge in [0.25, 0.3) is 0 Å². The minimum atomic E-state index is -1.52. The number of carbonyl (C=O) groups excluding carboxylic acids is 1.